The third kappa shape index (κ3) is 5.42. The smallest absolute Gasteiger partial charge is 0.251 e. The van der Waals surface area contributed by atoms with E-state index >= 15 is 0 Å². The van der Waals surface area contributed by atoms with Gasteiger partial charge in [0.2, 0.25) is 10.0 Å². The summed E-state index contributed by atoms with van der Waals surface area (Å²) < 4.78 is 41.0. The van der Waals surface area contributed by atoms with Crippen molar-refractivity contribution in [3.63, 3.8) is 0 Å². The van der Waals surface area contributed by atoms with Crippen LogP contribution >= 0.6 is 0 Å². The summed E-state index contributed by atoms with van der Waals surface area (Å²) in [4.78, 5) is 14.2. The normalized spacial score (nSPS) is 16.6. The number of amides is 1. The molecule has 1 aliphatic heterocycles. The first-order chi connectivity index (χ1) is 13.9. The number of rotatable bonds is 8. The van der Waals surface area contributed by atoms with Gasteiger partial charge in [0.25, 0.3) is 5.91 Å². The topological polar surface area (TPSA) is 78.5 Å². The van der Waals surface area contributed by atoms with E-state index in [1.807, 2.05) is 0 Å². The standard InChI is InChI=1S/C21H24FN3O3S/c1-2-11-23-21(26)17-4-3-5-20(13-17)29(27,28)24-14-16-10-12-25(15-16)19-8-6-18(22)7-9-19/h2-9,13,16,24H,1,10-12,14-15H2,(H,23,26). The summed E-state index contributed by atoms with van der Waals surface area (Å²) in [6, 6.07) is 12.2. The van der Waals surface area contributed by atoms with Crippen molar-refractivity contribution in [2.24, 2.45) is 5.92 Å². The van der Waals surface area contributed by atoms with E-state index < -0.39 is 10.0 Å². The number of carbonyl (C=O) groups is 1. The number of hydrogen-bond acceptors (Lipinski definition) is 4. The van der Waals surface area contributed by atoms with Crippen LogP contribution in [0.3, 0.4) is 0 Å². The van der Waals surface area contributed by atoms with Gasteiger partial charge in [-0.1, -0.05) is 12.1 Å². The monoisotopic (exact) mass is 417 g/mol. The fourth-order valence-corrected chi connectivity index (χ4v) is 4.43. The Kier molecular flexibility index (Phi) is 6.66. The Labute approximate surface area is 170 Å². The molecule has 1 fully saturated rings. The minimum Gasteiger partial charge on any atom is -0.371 e. The highest BCUT2D eigenvalue weighted by molar-refractivity contribution is 7.89. The van der Waals surface area contributed by atoms with Crippen LogP contribution in [0.1, 0.15) is 16.8 Å². The Morgan fingerprint density at radius 2 is 2.00 bits per heavy atom. The third-order valence-corrected chi connectivity index (χ3v) is 6.27. The van der Waals surface area contributed by atoms with Gasteiger partial charge in [-0.15, -0.1) is 6.58 Å². The first kappa shape index (κ1) is 21.0. The molecule has 0 spiro atoms. The number of benzene rings is 2. The zero-order chi connectivity index (χ0) is 20.9. The Hall–Kier alpha value is -2.71. The van der Waals surface area contributed by atoms with E-state index in [9.17, 15) is 17.6 Å². The summed E-state index contributed by atoms with van der Waals surface area (Å²) in [5.41, 5.74) is 1.20. The molecule has 0 aliphatic carbocycles. The van der Waals surface area contributed by atoms with Gasteiger partial charge in [0, 0.05) is 37.4 Å². The van der Waals surface area contributed by atoms with Crippen LogP contribution in [0.15, 0.2) is 66.1 Å². The van der Waals surface area contributed by atoms with Gasteiger partial charge in [0.15, 0.2) is 0 Å². The van der Waals surface area contributed by atoms with Gasteiger partial charge in [-0.2, -0.15) is 0 Å². The minimum atomic E-state index is -3.73. The van der Waals surface area contributed by atoms with Gasteiger partial charge in [0.05, 0.1) is 4.90 Å². The van der Waals surface area contributed by atoms with Crippen LogP contribution < -0.4 is 14.9 Å². The molecule has 0 aromatic heterocycles. The Bertz CT molecular complexity index is 977. The van der Waals surface area contributed by atoms with Crippen LogP contribution in [-0.4, -0.2) is 40.5 Å². The Morgan fingerprint density at radius 1 is 1.24 bits per heavy atom. The molecule has 1 atom stereocenters. The van der Waals surface area contributed by atoms with Gasteiger partial charge in [0.1, 0.15) is 5.82 Å². The van der Waals surface area contributed by atoms with Crippen LogP contribution in [0, 0.1) is 11.7 Å². The average Bonchev–Trinajstić information content (AvgIpc) is 3.20. The lowest BCUT2D eigenvalue weighted by atomic mass is 10.1. The minimum absolute atomic E-state index is 0.0529. The molecule has 0 bridgehead atoms. The Balaban J connectivity index is 1.59. The van der Waals surface area contributed by atoms with E-state index in [-0.39, 0.29) is 28.1 Å². The lowest BCUT2D eigenvalue weighted by molar-refractivity contribution is 0.0958. The first-order valence-corrected chi connectivity index (χ1v) is 10.9. The lowest BCUT2D eigenvalue weighted by Gasteiger charge is -2.19. The summed E-state index contributed by atoms with van der Waals surface area (Å²) in [7, 11) is -3.73. The van der Waals surface area contributed by atoms with Crippen LogP contribution in [0.2, 0.25) is 0 Å². The van der Waals surface area contributed by atoms with E-state index in [1.165, 1.54) is 24.3 Å². The molecule has 3 rings (SSSR count). The van der Waals surface area contributed by atoms with Crippen LogP contribution in [-0.2, 0) is 10.0 Å². The molecule has 1 saturated heterocycles. The molecule has 1 unspecified atom stereocenters. The van der Waals surface area contributed by atoms with E-state index in [1.54, 1.807) is 30.3 Å². The predicted molar refractivity (Wildman–Crippen MR) is 111 cm³/mol. The summed E-state index contributed by atoms with van der Waals surface area (Å²) >= 11 is 0. The van der Waals surface area contributed by atoms with Crippen molar-refractivity contribution in [1.82, 2.24) is 10.0 Å². The molecular weight excluding hydrogens is 393 g/mol. The fraction of sp³-hybridized carbons (Fsp3) is 0.286. The fourth-order valence-electron chi connectivity index (χ4n) is 3.27. The summed E-state index contributed by atoms with van der Waals surface area (Å²) in [6.07, 6.45) is 2.39. The maximum absolute atomic E-state index is 13.1. The number of anilines is 1. The molecule has 0 saturated carbocycles. The van der Waals surface area contributed by atoms with Gasteiger partial charge >= 0.3 is 0 Å². The second kappa shape index (κ2) is 9.19. The van der Waals surface area contributed by atoms with Crippen molar-refractivity contribution < 1.29 is 17.6 Å². The molecule has 1 aliphatic rings. The average molecular weight is 418 g/mol. The summed E-state index contributed by atoms with van der Waals surface area (Å²) in [5.74, 6) is -0.487. The molecule has 0 radical (unpaired) electrons. The van der Waals surface area contributed by atoms with Crippen molar-refractivity contribution in [1.29, 1.82) is 0 Å². The number of nitrogens with zero attached hydrogens (tertiary/aromatic N) is 1. The highest BCUT2D eigenvalue weighted by atomic mass is 32.2. The van der Waals surface area contributed by atoms with Crippen molar-refractivity contribution in [3.05, 3.63) is 72.6 Å². The number of hydrogen-bond donors (Lipinski definition) is 2. The lowest BCUT2D eigenvalue weighted by Crippen LogP contribution is -2.31. The van der Waals surface area contributed by atoms with Crippen molar-refractivity contribution in [3.8, 4) is 0 Å². The maximum Gasteiger partial charge on any atom is 0.251 e. The summed E-state index contributed by atoms with van der Waals surface area (Å²) in [5, 5.41) is 2.63. The largest absolute Gasteiger partial charge is 0.371 e. The molecule has 29 heavy (non-hydrogen) atoms. The van der Waals surface area contributed by atoms with E-state index in [4.69, 9.17) is 0 Å². The molecule has 8 heteroatoms. The number of nitrogens with one attached hydrogen (secondary N) is 2. The number of halogens is 1. The molecule has 2 N–H and O–H groups in total. The summed E-state index contributed by atoms with van der Waals surface area (Å²) in [6.45, 7) is 5.62. The SMILES string of the molecule is C=CCNC(=O)c1cccc(S(=O)(=O)NCC2CCN(c3ccc(F)cc3)C2)c1. The molecule has 1 amide bonds. The molecule has 1 heterocycles. The highest BCUT2D eigenvalue weighted by Gasteiger charge is 2.25. The van der Waals surface area contributed by atoms with Crippen LogP contribution in [0.4, 0.5) is 10.1 Å². The van der Waals surface area contributed by atoms with Gasteiger partial charge in [-0.25, -0.2) is 17.5 Å². The third-order valence-electron chi connectivity index (χ3n) is 4.85. The van der Waals surface area contributed by atoms with Crippen LogP contribution in [0.5, 0.6) is 0 Å². The number of carbonyl (C=O) groups excluding carboxylic acids is 1. The van der Waals surface area contributed by atoms with Crippen molar-refractivity contribution in [2.75, 3.05) is 31.1 Å². The van der Waals surface area contributed by atoms with E-state index in [2.05, 4.69) is 21.5 Å². The van der Waals surface area contributed by atoms with Crippen LogP contribution in [0.25, 0.3) is 0 Å². The van der Waals surface area contributed by atoms with E-state index in [0.29, 0.717) is 19.6 Å². The first-order valence-electron chi connectivity index (χ1n) is 9.38. The second-order valence-electron chi connectivity index (χ2n) is 6.96. The molecule has 2 aromatic carbocycles. The maximum atomic E-state index is 13.1. The van der Waals surface area contributed by atoms with Crippen molar-refractivity contribution >= 4 is 21.6 Å². The van der Waals surface area contributed by atoms with Gasteiger partial charge < -0.3 is 10.2 Å². The zero-order valence-corrected chi connectivity index (χ0v) is 16.8. The Morgan fingerprint density at radius 3 is 2.72 bits per heavy atom. The quantitative estimate of drug-likeness (QED) is 0.647. The molecular formula is C21H24FN3O3S. The van der Waals surface area contributed by atoms with Gasteiger partial charge in [-0.05, 0) is 54.8 Å². The zero-order valence-electron chi connectivity index (χ0n) is 16.0. The van der Waals surface area contributed by atoms with E-state index in [0.717, 1.165) is 18.7 Å². The van der Waals surface area contributed by atoms with Gasteiger partial charge in [-0.3, -0.25) is 4.79 Å². The number of sulfonamides is 1. The molecule has 6 nitrogen and oxygen atoms in total. The predicted octanol–water partition coefficient (Wildman–Crippen LogP) is 2.55. The second-order valence-corrected chi connectivity index (χ2v) is 8.72. The van der Waals surface area contributed by atoms with Crippen molar-refractivity contribution in [2.45, 2.75) is 11.3 Å². The molecule has 2 aromatic rings. The molecule has 154 valence electrons. The highest BCUT2D eigenvalue weighted by Crippen LogP contribution is 2.24.